The van der Waals surface area contributed by atoms with Crippen molar-refractivity contribution in [1.29, 1.82) is 0 Å². The van der Waals surface area contributed by atoms with E-state index in [1.54, 1.807) is 0 Å². The van der Waals surface area contributed by atoms with E-state index in [1.807, 2.05) is 36.4 Å². The minimum absolute atomic E-state index is 0.265. The highest BCUT2D eigenvalue weighted by atomic mass is 16.3. The molecule has 0 unspecified atom stereocenters. The molecule has 0 aliphatic heterocycles. The molecule has 0 saturated heterocycles. The number of carbonyl (C=O) groups excluding carboxylic acids is 1. The molecule has 1 amide bonds. The molecule has 0 spiro atoms. The fourth-order valence-electron chi connectivity index (χ4n) is 5.26. The molecule has 3 N–H and O–H groups in total. The summed E-state index contributed by atoms with van der Waals surface area (Å²) in [5.41, 5.74) is 4.01. The Morgan fingerprint density at radius 2 is 1.54 bits per heavy atom. The summed E-state index contributed by atoms with van der Waals surface area (Å²) in [7, 11) is 0. The lowest BCUT2D eigenvalue weighted by atomic mass is 10.0. The van der Waals surface area contributed by atoms with E-state index in [-0.39, 0.29) is 11.6 Å². The number of imidazole rings is 1. The predicted molar refractivity (Wildman–Crippen MR) is 161 cm³/mol. The van der Waals surface area contributed by atoms with Crippen molar-refractivity contribution in [2.75, 3.05) is 13.1 Å². The van der Waals surface area contributed by atoms with Gasteiger partial charge < -0.3 is 20.0 Å². The number of benzene rings is 4. The molecule has 0 radical (unpaired) electrons. The monoisotopic (exact) mass is 540 g/mol. The van der Waals surface area contributed by atoms with Crippen molar-refractivity contribution in [3.63, 3.8) is 0 Å². The third-order valence-corrected chi connectivity index (χ3v) is 7.35. The highest BCUT2D eigenvalue weighted by Crippen LogP contribution is 2.25. The van der Waals surface area contributed by atoms with E-state index in [4.69, 9.17) is 14.4 Å². The quantitative estimate of drug-likeness (QED) is 0.160. The van der Waals surface area contributed by atoms with E-state index in [0.717, 1.165) is 51.8 Å². The first kappa shape index (κ1) is 24.9. The minimum Gasteiger partial charge on any atom is -0.448 e. The van der Waals surface area contributed by atoms with Gasteiger partial charge in [-0.15, -0.1) is 0 Å². The summed E-state index contributed by atoms with van der Waals surface area (Å²) in [5, 5.41) is 12.1. The van der Waals surface area contributed by atoms with Crippen molar-refractivity contribution in [3.8, 4) is 0 Å². The van der Waals surface area contributed by atoms with Crippen molar-refractivity contribution >= 4 is 49.4 Å². The highest BCUT2D eigenvalue weighted by molar-refractivity contribution is 6.06. The van der Waals surface area contributed by atoms with Crippen molar-refractivity contribution < 1.29 is 9.21 Å². The number of H-pyrrole nitrogens is 1. The van der Waals surface area contributed by atoms with E-state index < -0.39 is 0 Å². The van der Waals surface area contributed by atoms with E-state index in [2.05, 4.69) is 69.1 Å². The van der Waals surface area contributed by atoms with Gasteiger partial charge in [0, 0.05) is 36.7 Å². The van der Waals surface area contributed by atoms with Crippen LogP contribution in [0.4, 0.5) is 0 Å². The van der Waals surface area contributed by atoms with Gasteiger partial charge in [-0.2, -0.15) is 0 Å². The van der Waals surface area contributed by atoms with Gasteiger partial charge in [0.25, 0.3) is 5.91 Å². The van der Waals surface area contributed by atoms with Crippen LogP contribution in [0.5, 0.6) is 0 Å². The molecule has 0 atom stereocenters. The second-order valence-corrected chi connectivity index (χ2v) is 10.1. The van der Waals surface area contributed by atoms with Gasteiger partial charge in [0.05, 0.1) is 28.8 Å². The molecule has 0 aliphatic carbocycles. The van der Waals surface area contributed by atoms with Crippen LogP contribution in [0.25, 0.3) is 43.5 Å². The molecular formula is C33H28N6O2. The van der Waals surface area contributed by atoms with Gasteiger partial charge >= 0.3 is 0 Å². The summed E-state index contributed by atoms with van der Waals surface area (Å²) < 4.78 is 5.54. The molecule has 4 aromatic carbocycles. The lowest BCUT2D eigenvalue weighted by Gasteiger charge is -2.07. The first-order chi connectivity index (χ1) is 20.2. The summed E-state index contributed by atoms with van der Waals surface area (Å²) in [4.78, 5) is 30.0. The zero-order valence-corrected chi connectivity index (χ0v) is 22.4. The van der Waals surface area contributed by atoms with Gasteiger partial charge in [-0.05, 0) is 34.4 Å². The number of hydrogen-bond donors (Lipinski definition) is 3. The first-order valence-electron chi connectivity index (χ1n) is 13.8. The van der Waals surface area contributed by atoms with Crippen LogP contribution in [0.2, 0.25) is 0 Å². The fourth-order valence-corrected chi connectivity index (χ4v) is 5.26. The summed E-state index contributed by atoms with van der Waals surface area (Å²) in [6.07, 6.45) is 2.77. The van der Waals surface area contributed by atoms with Crippen LogP contribution in [0.15, 0.2) is 95.6 Å². The van der Waals surface area contributed by atoms with E-state index in [1.165, 1.54) is 22.4 Å². The smallest absolute Gasteiger partial charge is 0.273 e. The maximum atomic E-state index is 12.7. The summed E-state index contributed by atoms with van der Waals surface area (Å²) >= 11 is 0. The van der Waals surface area contributed by atoms with Crippen LogP contribution in [-0.4, -0.2) is 38.9 Å². The van der Waals surface area contributed by atoms with Gasteiger partial charge in [-0.25, -0.2) is 9.97 Å². The van der Waals surface area contributed by atoms with Gasteiger partial charge in [0.1, 0.15) is 12.1 Å². The molecule has 202 valence electrons. The van der Waals surface area contributed by atoms with Crippen molar-refractivity contribution in [2.24, 2.45) is 0 Å². The number of aromatic amines is 1. The highest BCUT2D eigenvalue weighted by Gasteiger charge is 2.13. The van der Waals surface area contributed by atoms with Crippen molar-refractivity contribution in [1.82, 2.24) is 30.6 Å². The number of nitrogens with zero attached hydrogens (tertiary/aromatic N) is 3. The molecule has 0 saturated carbocycles. The third-order valence-electron chi connectivity index (χ3n) is 7.35. The van der Waals surface area contributed by atoms with Gasteiger partial charge in [-0.3, -0.25) is 9.78 Å². The number of aromatic nitrogens is 4. The predicted octanol–water partition coefficient (Wildman–Crippen LogP) is 5.71. The topological polar surface area (TPSA) is 109 Å². The number of rotatable bonds is 9. The molecule has 3 heterocycles. The van der Waals surface area contributed by atoms with E-state index >= 15 is 0 Å². The SMILES string of the molecule is O=C(NCc1ccc2c(ccc3ccccc32)n1)c1coc(CCNCCc2nc3c(ccc4ccccc43)[nH]2)n1. The molecule has 0 fully saturated rings. The van der Waals surface area contributed by atoms with Crippen LogP contribution in [0.1, 0.15) is 27.9 Å². The Morgan fingerprint density at radius 1 is 0.756 bits per heavy atom. The zero-order valence-electron chi connectivity index (χ0n) is 22.4. The Morgan fingerprint density at radius 3 is 2.44 bits per heavy atom. The largest absolute Gasteiger partial charge is 0.448 e. The number of pyridine rings is 1. The lowest BCUT2D eigenvalue weighted by Crippen LogP contribution is -2.24. The molecule has 41 heavy (non-hydrogen) atoms. The summed E-state index contributed by atoms with van der Waals surface area (Å²) in [6, 6.07) is 28.8. The number of hydrogen-bond acceptors (Lipinski definition) is 6. The number of nitrogens with one attached hydrogen (secondary N) is 3. The number of fused-ring (bicyclic) bond motifs is 6. The Balaban J connectivity index is 0.895. The Kier molecular flexibility index (Phi) is 6.58. The second-order valence-electron chi connectivity index (χ2n) is 10.1. The normalized spacial score (nSPS) is 11.6. The summed E-state index contributed by atoms with van der Waals surface area (Å²) in [6.45, 7) is 1.75. The Bertz CT molecular complexity index is 2030. The fraction of sp³-hybridized carbons (Fsp3) is 0.152. The number of carbonyl (C=O) groups is 1. The number of oxazole rings is 1. The minimum atomic E-state index is -0.286. The number of amides is 1. The first-order valence-corrected chi connectivity index (χ1v) is 13.8. The molecule has 7 rings (SSSR count). The van der Waals surface area contributed by atoms with Crippen LogP contribution < -0.4 is 10.6 Å². The zero-order chi connectivity index (χ0) is 27.6. The van der Waals surface area contributed by atoms with Crippen LogP contribution >= 0.6 is 0 Å². The molecule has 8 heteroatoms. The van der Waals surface area contributed by atoms with Gasteiger partial charge in [0.15, 0.2) is 11.6 Å². The Hall–Kier alpha value is -5.08. The van der Waals surface area contributed by atoms with Gasteiger partial charge in [-0.1, -0.05) is 66.7 Å². The molecule has 0 aliphatic rings. The van der Waals surface area contributed by atoms with Crippen LogP contribution in [0.3, 0.4) is 0 Å². The van der Waals surface area contributed by atoms with E-state index in [9.17, 15) is 4.79 Å². The van der Waals surface area contributed by atoms with Crippen LogP contribution in [-0.2, 0) is 19.4 Å². The average Bonchev–Trinajstić information content (AvgIpc) is 3.67. The lowest BCUT2D eigenvalue weighted by molar-refractivity contribution is 0.0945. The Labute approximate surface area is 235 Å². The molecule has 0 bridgehead atoms. The van der Waals surface area contributed by atoms with E-state index in [0.29, 0.717) is 25.4 Å². The third kappa shape index (κ3) is 5.13. The second kappa shape index (κ2) is 10.8. The van der Waals surface area contributed by atoms with Gasteiger partial charge in [0.2, 0.25) is 0 Å². The van der Waals surface area contributed by atoms with Crippen molar-refractivity contribution in [2.45, 2.75) is 19.4 Å². The molecule has 3 aromatic heterocycles. The molecular weight excluding hydrogens is 512 g/mol. The summed E-state index contributed by atoms with van der Waals surface area (Å²) in [5.74, 6) is 1.19. The maximum Gasteiger partial charge on any atom is 0.273 e. The molecule has 7 aromatic rings. The maximum absolute atomic E-state index is 12.7. The standard InChI is InChI=1S/C33H28N6O2/c40-33(35-19-23-11-12-26-24-7-3-1-5-21(24)9-13-27(26)36-23)29-20-41-31(38-29)16-18-34-17-15-30-37-28-14-10-22-6-2-4-8-25(22)32(28)39-30/h1-14,20,34H,15-19H2,(H,35,40)(H,37,39). The van der Waals surface area contributed by atoms with Crippen molar-refractivity contribution in [3.05, 3.63) is 114 Å². The van der Waals surface area contributed by atoms with Crippen LogP contribution in [0, 0.1) is 0 Å². The molecule has 8 nitrogen and oxygen atoms in total. The average molecular weight is 541 g/mol.